The van der Waals surface area contributed by atoms with Gasteiger partial charge < -0.3 is 14.6 Å². The van der Waals surface area contributed by atoms with Crippen molar-refractivity contribution < 1.29 is 14.6 Å². The molecule has 118 valence electrons. The van der Waals surface area contributed by atoms with Gasteiger partial charge in [0.1, 0.15) is 17.6 Å². The van der Waals surface area contributed by atoms with Crippen molar-refractivity contribution in [1.29, 1.82) is 0 Å². The first-order chi connectivity index (χ1) is 10.0. The number of benzene rings is 1. The van der Waals surface area contributed by atoms with Gasteiger partial charge in [0, 0.05) is 17.5 Å². The third-order valence-corrected chi connectivity index (χ3v) is 4.09. The maximum atomic E-state index is 10.6. The quantitative estimate of drug-likeness (QED) is 0.815. The first-order valence-corrected chi connectivity index (χ1v) is 8.19. The summed E-state index contributed by atoms with van der Waals surface area (Å²) in [7, 11) is 0. The summed E-state index contributed by atoms with van der Waals surface area (Å²) in [5, 5.41) is 10.6. The number of hydrogen-bond acceptors (Lipinski definition) is 3. The summed E-state index contributed by atoms with van der Waals surface area (Å²) >= 11 is 0. The Balaban J connectivity index is 2.22. The molecule has 3 unspecified atom stereocenters. The molecule has 1 aliphatic heterocycles. The zero-order valence-corrected chi connectivity index (χ0v) is 13.7. The van der Waals surface area contributed by atoms with Crippen LogP contribution in [0.5, 0.6) is 11.5 Å². The highest BCUT2D eigenvalue weighted by atomic mass is 16.5. The lowest BCUT2D eigenvalue weighted by atomic mass is 9.93. The molecule has 3 heteroatoms. The average Bonchev–Trinajstić information content (AvgIpc) is 2.77. The Morgan fingerprint density at radius 2 is 2.14 bits per heavy atom. The molecule has 0 aliphatic carbocycles. The van der Waals surface area contributed by atoms with Crippen LogP contribution in [-0.4, -0.2) is 17.8 Å². The predicted octanol–water partition coefficient (Wildman–Crippen LogP) is 4.27. The van der Waals surface area contributed by atoms with E-state index in [4.69, 9.17) is 9.47 Å². The molecule has 1 aromatic carbocycles. The number of rotatable bonds is 7. The van der Waals surface area contributed by atoms with E-state index in [1.165, 1.54) is 5.56 Å². The number of fused-ring (bicyclic) bond motifs is 1. The Bertz CT molecular complexity index is 470. The van der Waals surface area contributed by atoms with Crippen molar-refractivity contribution in [3.63, 3.8) is 0 Å². The van der Waals surface area contributed by atoms with Gasteiger partial charge in [-0.1, -0.05) is 26.7 Å². The summed E-state index contributed by atoms with van der Waals surface area (Å²) < 4.78 is 11.6. The van der Waals surface area contributed by atoms with Crippen LogP contribution < -0.4 is 9.47 Å². The molecule has 3 nitrogen and oxygen atoms in total. The van der Waals surface area contributed by atoms with Crippen molar-refractivity contribution in [2.24, 2.45) is 5.92 Å². The van der Waals surface area contributed by atoms with Gasteiger partial charge in [-0.3, -0.25) is 0 Å². The first-order valence-electron chi connectivity index (χ1n) is 8.19. The van der Waals surface area contributed by atoms with Crippen LogP contribution in [0.25, 0.3) is 0 Å². The maximum absolute atomic E-state index is 10.6. The van der Waals surface area contributed by atoms with Crippen molar-refractivity contribution >= 4 is 0 Å². The lowest BCUT2D eigenvalue weighted by Gasteiger charge is -2.20. The average molecular weight is 292 g/mol. The summed E-state index contributed by atoms with van der Waals surface area (Å²) in [6.07, 6.45) is 3.69. The fraction of sp³-hybridized carbons (Fsp3) is 0.667. The third-order valence-electron chi connectivity index (χ3n) is 4.09. The van der Waals surface area contributed by atoms with Crippen molar-refractivity contribution in [1.82, 2.24) is 0 Å². The highest BCUT2D eigenvalue weighted by Crippen LogP contribution is 2.39. The standard InChI is InChI=1S/C18H28O3/c1-5-7-12(3)8-16(19)15-11-17-14(9-13(4)21-17)10-18(15)20-6-2/h10-13,16,19H,5-9H2,1-4H3. The second-order valence-electron chi connectivity index (χ2n) is 6.21. The molecule has 0 fully saturated rings. The molecule has 0 saturated heterocycles. The fourth-order valence-electron chi connectivity index (χ4n) is 3.11. The lowest BCUT2D eigenvalue weighted by Crippen LogP contribution is -2.07. The maximum Gasteiger partial charge on any atom is 0.125 e. The summed E-state index contributed by atoms with van der Waals surface area (Å²) in [5.74, 6) is 2.22. The van der Waals surface area contributed by atoms with Crippen LogP contribution in [0.4, 0.5) is 0 Å². The van der Waals surface area contributed by atoms with Crippen LogP contribution in [0, 0.1) is 5.92 Å². The van der Waals surface area contributed by atoms with Gasteiger partial charge >= 0.3 is 0 Å². The molecule has 1 aliphatic rings. The van der Waals surface area contributed by atoms with E-state index >= 15 is 0 Å². The Hall–Kier alpha value is -1.22. The van der Waals surface area contributed by atoms with E-state index in [1.807, 2.05) is 19.1 Å². The number of hydrogen-bond donors (Lipinski definition) is 1. The minimum absolute atomic E-state index is 0.209. The van der Waals surface area contributed by atoms with Gasteiger partial charge in [-0.15, -0.1) is 0 Å². The van der Waals surface area contributed by atoms with E-state index in [1.54, 1.807) is 0 Å². The van der Waals surface area contributed by atoms with Gasteiger partial charge in [0.2, 0.25) is 0 Å². The van der Waals surface area contributed by atoms with Crippen LogP contribution in [-0.2, 0) is 6.42 Å². The van der Waals surface area contributed by atoms with E-state index < -0.39 is 6.10 Å². The predicted molar refractivity (Wildman–Crippen MR) is 85.1 cm³/mol. The minimum atomic E-state index is -0.488. The molecule has 1 aromatic rings. The molecule has 1 N–H and O–H groups in total. The normalized spacial score (nSPS) is 19.8. The van der Waals surface area contributed by atoms with Gasteiger partial charge in [-0.25, -0.2) is 0 Å². The zero-order valence-electron chi connectivity index (χ0n) is 13.7. The third kappa shape index (κ3) is 3.91. The molecular formula is C18H28O3. The fourth-order valence-corrected chi connectivity index (χ4v) is 3.11. The Morgan fingerprint density at radius 1 is 1.38 bits per heavy atom. The Labute approximate surface area is 128 Å². The van der Waals surface area contributed by atoms with Crippen LogP contribution in [0.3, 0.4) is 0 Å². The monoisotopic (exact) mass is 292 g/mol. The molecule has 0 spiro atoms. The highest BCUT2D eigenvalue weighted by molar-refractivity contribution is 5.49. The molecule has 3 atom stereocenters. The van der Waals surface area contributed by atoms with Crippen LogP contribution in [0.2, 0.25) is 0 Å². The van der Waals surface area contributed by atoms with Crippen molar-refractivity contribution in [3.05, 3.63) is 23.3 Å². The molecule has 0 aromatic heterocycles. The molecule has 0 bridgehead atoms. The topological polar surface area (TPSA) is 38.7 Å². The molecule has 21 heavy (non-hydrogen) atoms. The van der Waals surface area contributed by atoms with Crippen molar-refractivity contribution in [2.75, 3.05) is 6.61 Å². The number of aliphatic hydroxyl groups is 1. The van der Waals surface area contributed by atoms with E-state index in [0.29, 0.717) is 12.5 Å². The lowest BCUT2D eigenvalue weighted by molar-refractivity contribution is 0.140. The molecule has 1 heterocycles. The molecular weight excluding hydrogens is 264 g/mol. The van der Waals surface area contributed by atoms with Gasteiger partial charge in [0.15, 0.2) is 0 Å². The van der Waals surface area contributed by atoms with Crippen molar-refractivity contribution in [3.8, 4) is 11.5 Å². The van der Waals surface area contributed by atoms with Crippen LogP contribution in [0.1, 0.15) is 64.2 Å². The second-order valence-corrected chi connectivity index (χ2v) is 6.21. The number of ether oxygens (including phenoxy) is 2. The molecule has 2 rings (SSSR count). The summed E-state index contributed by atoms with van der Waals surface area (Å²) in [6, 6.07) is 4.03. The largest absolute Gasteiger partial charge is 0.493 e. The highest BCUT2D eigenvalue weighted by Gasteiger charge is 2.25. The van der Waals surface area contributed by atoms with E-state index in [0.717, 1.165) is 42.7 Å². The number of aliphatic hydroxyl groups excluding tert-OH is 1. The molecule has 0 amide bonds. The zero-order chi connectivity index (χ0) is 15.4. The minimum Gasteiger partial charge on any atom is -0.493 e. The molecule has 0 saturated carbocycles. The SMILES string of the molecule is CCCC(C)CC(O)c1cc2c(cc1OCC)CC(C)O2. The van der Waals surface area contributed by atoms with Crippen LogP contribution in [0.15, 0.2) is 12.1 Å². The van der Waals surface area contributed by atoms with E-state index in [2.05, 4.69) is 20.8 Å². The van der Waals surface area contributed by atoms with Crippen molar-refractivity contribution in [2.45, 2.75) is 65.6 Å². The van der Waals surface area contributed by atoms with Gasteiger partial charge in [0.25, 0.3) is 0 Å². The van der Waals surface area contributed by atoms with Gasteiger partial charge in [-0.2, -0.15) is 0 Å². The Kier molecular flexibility index (Phi) is 5.51. The van der Waals surface area contributed by atoms with Crippen LogP contribution >= 0.6 is 0 Å². The summed E-state index contributed by atoms with van der Waals surface area (Å²) in [4.78, 5) is 0. The molecule has 0 radical (unpaired) electrons. The summed E-state index contributed by atoms with van der Waals surface area (Å²) in [5.41, 5.74) is 2.05. The van der Waals surface area contributed by atoms with E-state index in [9.17, 15) is 5.11 Å². The van der Waals surface area contributed by atoms with Gasteiger partial charge in [-0.05, 0) is 38.3 Å². The Morgan fingerprint density at radius 3 is 2.81 bits per heavy atom. The first kappa shape index (κ1) is 16.2. The van der Waals surface area contributed by atoms with E-state index in [-0.39, 0.29) is 6.10 Å². The van der Waals surface area contributed by atoms with Gasteiger partial charge in [0.05, 0.1) is 12.7 Å². The second kappa shape index (κ2) is 7.17. The summed E-state index contributed by atoms with van der Waals surface area (Å²) in [6.45, 7) is 9.03. The smallest absolute Gasteiger partial charge is 0.125 e.